The number of aromatic nitrogens is 10. The van der Waals surface area contributed by atoms with Crippen LogP contribution in [0.4, 0.5) is 49.6 Å². The second-order valence-corrected chi connectivity index (χ2v) is 19.0. The lowest BCUT2D eigenvalue weighted by Crippen LogP contribution is -2.29. The summed E-state index contributed by atoms with van der Waals surface area (Å²) in [5.74, 6) is -2.67. The monoisotopic (exact) mass is 1110 g/mol. The fourth-order valence-electron chi connectivity index (χ4n) is 7.19. The van der Waals surface area contributed by atoms with Crippen molar-refractivity contribution >= 4 is 68.4 Å². The summed E-state index contributed by atoms with van der Waals surface area (Å²) in [6.45, 7) is 6.52. The normalized spacial score (nSPS) is 11.6. The van der Waals surface area contributed by atoms with Crippen LogP contribution in [-0.4, -0.2) is 95.3 Å². The van der Waals surface area contributed by atoms with E-state index in [0.29, 0.717) is 21.4 Å². The van der Waals surface area contributed by atoms with Crippen LogP contribution in [-0.2, 0) is 22.4 Å². The van der Waals surface area contributed by atoms with Crippen molar-refractivity contribution in [2.75, 3.05) is 31.1 Å². The summed E-state index contributed by atoms with van der Waals surface area (Å²) in [5.41, 5.74) is 1.04. The number of rotatable bonds is 13. The number of amides is 1. The quantitative estimate of drug-likeness (QED) is 0.0783. The summed E-state index contributed by atoms with van der Waals surface area (Å²) in [7, 11) is -1.43. The molecule has 0 fully saturated rings. The number of ether oxygens (including phenoxy) is 2. The second-order valence-electron chi connectivity index (χ2n) is 16.4. The molecular formula is C47H39Cl2F6N13O7S. The minimum Gasteiger partial charge on any atom is -0.480 e. The molecule has 0 radical (unpaired) electrons. The van der Waals surface area contributed by atoms with Gasteiger partial charge in [0.15, 0.2) is 23.0 Å². The smallest absolute Gasteiger partial charge is 0.435 e. The summed E-state index contributed by atoms with van der Waals surface area (Å²) in [6.07, 6.45) is -3.38. The predicted molar refractivity (Wildman–Crippen MR) is 266 cm³/mol. The first-order chi connectivity index (χ1) is 35.6. The molecule has 4 N–H and O–H groups in total. The van der Waals surface area contributed by atoms with Crippen LogP contribution < -0.4 is 24.8 Å². The Morgan fingerprint density at radius 3 is 1.37 bits per heavy atom. The molecule has 0 spiro atoms. The zero-order valence-corrected chi connectivity index (χ0v) is 42.7. The van der Waals surface area contributed by atoms with Gasteiger partial charge in [-0.2, -0.15) is 46.5 Å². The fourth-order valence-corrected chi connectivity index (χ4v) is 8.22. The number of aromatic carboxylic acids is 1. The molecule has 0 atom stereocenters. The summed E-state index contributed by atoms with van der Waals surface area (Å²) < 4.78 is 118. The van der Waals surface area contributed by atoms with E-state index in [1.807, 2.05) is 18.6 Å². The van der Waals surface area contributed by atoms with Gasteiger partial charge in [-0.05, 0) is 99.5 Å². The third-order valence-corrected chi connectivity index (χ3v) is 11.3. The number of carbonyl (C=O) groups is 2. The van der Waals surface area contributed by atoms with Crippen molar-refractivity contribution in [3.8, 4) is 45.6 Å². The highest BCUT2D eigenvalue weighted by Gasteiger charge is 2.36. The largest absolute Gasteiger partial charge is 0.480 e. The lowest BCUT2D eigenvalue weighted by molar-refractivity contribution is -0.142. The number of nitrogens with zero attached hydrogens (tertiary/aromatic N) is 10. The fraction of sp³-hybridized carbons (Fsp3) is 0.191. The number of carboxylic acid groups (broad SMARTS) is 1. The minimum atomic E-state index is -4.72. The van der Waals surface area contributed by atoms with Crippen LogP contribution in [0.1, 0.15) is 54.6 Å². The number of carbonyl (C=O) groups excluding carboxylic acids is 1. The van der Waals surface area contributed by atoms with E-state index in [1.165, 1.54) is 65.0 Å². The number of methoxy groups -OCH3 is 2. The maximum atomic E-state index is 13.5. The van der Waals surface area contributed by atoms with Gasteiger partial charge in [-0.3, -0.25) is 4.79 Å². The van der Waals surface area contributed by atoms with Gasteiger partial charge in [0.05, 0.1) is 20.5 Å². The Labute approximate surface area is 437 Å². The predicted octanol–water partition coefficient (Wildman–Crippen LogP) is 9.92. The maximum absolute atomic E-state index is 13.5. The first-order valence-electron chi connectivity index (χ1n) is 21.6. The molecule has 0 saturated carbocycles. The molecule has 0 unspecified atom stereocenters. The highest BCUT2D eigenvalue weighted by molar-refractivity contribution is 7.89. The van der Waals surface area contributed by atoms with Crippen LogP contribution in [0.2, 0.25) is 10.0 Å². The number of carboxylic acids is 1. The Hall–Kier alpha value is -8.43. The van der Waals surface area contributed by atoms with Crippen LogP contribution >= 0.6 is 23.2 Å². The van der Waals surface area contributed by atoms with Gasteiger partial charge in [-0.25, -0.2) is 47.2 Å². The Bertz CT molecular complexity index is 3630. The Morgan fingerprint density at radius 1 is 0.605 bits per heavy atom. The molecule has 8 rings (SSSR count). The van der Waals surface area contributed by atoms with E-state index in [1.54, 1.807) is 36.4 Å². The van der Waals surface area contributed by atoms with Gasteiger partial charge in [0.25, 0.3) is 5.91 Å². The number of halogens is 8. The highest BCUT2D eigenvalue weighted by Crippen LogP contribution is 2.36. The molecule has 76 heavy (non-hydrogen) atoms. The zero-order chi connectivity index (χ0) is 55.6. The molecule has 0 aliphatic carbocycles. The number of alkyl halides is 6. The van der Waals surface area contributed by atoms with Crippen molar-refractivity contribution in [3.05, 3.63) is 141 Å². The van der Waals surface area contributed by atoms with E-state index in [4.69, 9.17) is 32.7 Å². The summed E-state index contributed by atoms with van der Waals surface area (Å²) in [4.78, 5) is 49.8. The first kappa shape index (κ1) is 55.3. The third kappa shape index (κ3) is 13.1. The molecule has 0 bridgehead atoms. The molecule has 20 nitrogen and oxygen atoms in total. The number of sulfonamides is 1. The molecule has 2 aromatic carbocycles. The number of hydrogen-bond donors (Lipinski definition) is 4. The van der Waals surface area contributed by atoms with Crippen LogP contribution in [0.15, 0.2) is 85.5 Å². The lowest BCUT2D eigenvalue weighted by Gasteiger charge is -2.14. The van der Waals surface area contributed by atoms with Gasteiger partial charge in [0.1, 0.15) is 11.1 Å². The molecule has 1 amide bonds. The van der Waals surface area contributed by atoms with Crippen LogP contribution in [0.3, 0.4) is 0 Å². The zero-order valence-electron chi connectivity index (χ0n) is 40.4. The number of benzene rings is 2. The topological polar surface area (TPSA) is 256 Å². The van der Waals surface area contributed by atoms with Crippen molar-refractivity contribution < 1.29 is 58.9 Å². The number of aryl methyl sites for hydroxylation is 4. The van der Waals surface area contributed by atoms with E-state index in [0.717, 1.165) is 38.9 Å². The first-order valence-corrected chi connectivity index (χ1v) is 24.2. The summed E-state index contributed by atoms with van der Waals surface area (Å²) >= 11 is 12.2. The number of hydrogen-bond acceptors (Lipinski definition) is 16. The average Bonchev–Trinajstić information content (AvgIpc) is 3.93. The molecule has 29 heteroatoms. The summed E-state index contributed by atoms with van der Waals surface area (Å²) in [5, 5.41) is 23.8. The van der Waals surface area contributed by atoms with Crippen LogP contribution in [0.25, 0.3) is 33.9 Å². The van der Waals surface area contributed by atoms with Gasteiger partial charge in [0, 0.05) is 79.8 Å². The van der Waals surface area contributed by atoms with E-state index >= 15 is 0 Å². The SMILES string of the molecule is COc1ncc(-c2cnc(Nc3cc(C)cc(Cl)c3)nc2-n2nc(C(F)(F)F)cc2C)cc1C(=O)NS(C)(=O)=O.COc1ncc(-c2cnc(Nc3cc(C)cc(Cl)c3)nc2-n2nc(C(F)(F)F)cc2C)cc1C(=O)O. The molecule has 6 heterocycles. The van der Waals surface area contributed by atoms with Crippen LogP contribution in [0, 0.1) is 27.7 Å². The van der Waals surface area contributed by atoms with Crippen LogP contribution in [0.5, 0.6) is 11.8 Å². The lowest BCUT2D eigenvalue weighted by atomic mass is 10.1. The van der Waals surface area contributed by atoms with E-state index < -0.39 is 45.6 Å². The van der Waals surface area contributed by atoms with Gasteiger partial charge in [0.2, 0.25) is 33.7 Å². The van der Waals surface area contributed by atoms with Gasteiger partial charge in [-0.1, -0.05) is 23.2 Å². The van der Waals surface area contributed by atoms with Gasteiger partial charge < -0.3 is 25.2 Å². The van der Waals surface area contributed by atoms with Crippen molar-refractivity contribution in [2.24, 2.45) is 0 Å². The number of nitrogens with one attached hydrogen (secondary N) is 3. The molecule has 6 aromatic heterocycles. The third-order valence-electron chi connectivity index (χ3n) is 10.4. The van der Waals surface area contributed by atoms with Crippen molar-refractivity contribution in [1.29, 1.82) is 0 Å². The average molecular weight is 1110 g/mol. The van der Waals surface area contributed by atoms with Crippen molar-refractivity contribution in [1.82, 2.24) is 54.2 Å². The second kappa shape index (κ2) is 21.8. The maximum Gasteiger partial charge on any atom is 0.435 e. The highest BCUT2D eigenvalue weighted by atomic mass is 35.5. The number of pyridine rings is 2. The summed E-state index contributed by atoms with van der Waals surface area (Å²) in [6, 6.07) is 14.6. The Balaban J connectivity index is 0.000000222. The molecule has 8 aromatic rings. The van der Waals surface area contributed by atoms with Crippen molar-refractivity contribution in [3.63, 3.8) is 0 Å². The Morgan fingerprint density at radius 2 is 1.01 bits per heavy atom. The van der Waals surface area contributed by atoms with E-state index in [9.17, 15) is 49.5 Å². The molecule has 0 aliphatic heterocycles. The van der Waals surface area contributed by atoms with E-state index in [-0.39, 0.29) is 80.1 Å². The Kier molecular flexibility index (Phi) is 15.9. The van der Waals surface area contributed by atoms with Crippen molar-refractivity contribution in [2.45, 2.75) is 40.0 Å². The molecule has 0 saturated heterocycles. The number of anilines is 4. The van der Waals surface area contributed by atoms with E-state index in [2.05, 4.69) is 50.7 Å². The molecular weight excluding hydrogens is 1080 g/mol. The van der Waals surface area contributed by atoms with Gasteiger partial charge >= 0.3 is 18.3 Å². The molecule has 396 valence electrons. The standard InChI is InChI=1S/C24H21ClF3N7O4S.C23H18ClF3N6O3/c1-12-5-15(25)9-16(6-12)31-23-30-11-18(20(32-23)35-13(2)7-19(33-35)24(26,27)28)14-8-17(22(39-3)29-10-14)21(36)34-40(4,37)38;1-11-4-14(24)8-15(5-11)30-22-29-10-17(13-7-16(21(34)35)20(36-3)28-9-13)19(31-22)33-12(2)6-18(32-33)23(25,26)27/h5-11H,1-4H3,(H,34,36)(H,30,31,32);4-10H,1-3H3,(H,34,35)(H,29,30,31). The molecule has 0 aliphatic rings. The van der Waals surface area contributed by atoms with Gasteiger partial charge in [-0.15, -0.1) is 0 Å². The minimum absolute atomic E-state index is 0.0142.